The summed E-state index contributed by atoms with van der Waals surface area (Å²) in [5, 5.41) is 29.1. The summed E-state index contributed by atoms with van der Waals surface area (Å²) in [5.74, 6) is -0.284. The fourth-order valence-electron chi connectivity index (χ4n) is 3.02. The molecule has 6 heteroatoms. The van der Waals surface area contributed by atoms with Gasteiger partial charge in [-0.1, -0.05) is 30.3 Å². The van der Waals surface area contributed by atoms with Crippen LogP contribution < -0.4 is 5.32 Å². The molecule has 0 saturated carbocycles. The largest absolute Gasteiger partial charge is 0.395 e. The van der Waals surface area contributed by atoms with Gasteiger partial charge in [0.25, 0.3) is 5.91 Å². The minimum atomic E-state index is -1.06. The maximum Gasteiger partial charge on any atom is 0.259 e. The van der Waals surface area contributed by atoms with Gasteiger partial charge in [0.15, 0.2) is 5.96 Å². The van der Waals surface area contributed by atoms with Crippen molar-refractivity contribution < 1.29 is 9.90 Å². The molecule has 3 rings (SSSR count). The van der Waals surface area contributed by atoms with Crippen LogP contribution in [0.25, 0.3) is 11.1 Å². The predicted molar refractivity (Wildman–Crippen MR) is 93.6 cm³/mol. The molecule has 1 aliphatic rings. The second-order valence-electron chi connectivity index (χ2n) is 6.05. The molecule has 0 spiro atoms. The zero-order valence-electron chi connectivity index (χ0n) is 13.8. The molecule has 1 aliphatic heterocycles. The average Bonchev–Trinajstić information content (AvgIpc) is 2.86. The van der Waals surface area contributed by atoms with Gasteiger partial charge in [0, 0.05) is 0 Å². The number of aliphatic hydroxyl groups excluding tert-OH is 1. The van der Waals surface area contributed by atoms with Gasteiger partial charge in [0.05, 0.1) is 24.8 Å². The Labute approximate surface area is 145 Å². The van der Waals surface area contributed by atoms with E-state index in [2.05, 4.69) is 11.4 Å². The van der Waals surface area contributed by atoms with Crippen LogP contribution in [0, 0.1) is 16.7 Å². The Hall–Kier alpha value is -3.17. The van der Waals surface area contributed by atoms with Gasteiger partial charge in [-0.05, 0) is 41.8 Å². The molecule has 3 N–H and O–H groups in total. The summed E-state index contributed by atoms with van der Waals surface area (Å²) in [5.41, 5.74) is 2.01. The molecule has 0 aliphatic carbocycles. The molecule has 126 valence electrons. The molecule has 2 aromatic rings. The Bertz CT molecular complexity index is 887. The molecule has 1 fully saturated rings. The molecule has 6 nitrogen and oxygen atoms in total. The second-order valence-corrected chi connectivity index (χ2v) is 6.05. The van der Waals surface area contributed by atoms with Crippen molar-refractivity contribution >= 4 is 11.9 Å². The van der Waals surface area contributed by atoms with Crippen LogP contribution in [0.4, 0.5) is 0 Å². The maximum absolute atomic E-state index is 12.7. The lowest BCUT2D eigenvalue weighted by atomic mass is 9.89. The third-order valence-corrected chi connectivity index (χ3v) is 4.40. The average molecular weight is 334 g/mol. The number of carbonyl (C=O) groups excluding carboxylic acids is 1. The molecule has 1 unspecified atom stereocenters. The van der Waals surface area contributed by atoms with E-state index in [0.29, 0.717) is 5.56 Å². The standard InChI is InChI=1S/C19H18N4O2/c1-19(17(25)23(8-9-24)18(21)22-19)16-7-3-6-15(11-16)14-5-2-4-13(10-14)12-20/h2-7,10-11,24H,8-9H2,1H3,(H2,21,22). The van der Waals surface area contributed by atoms with Crippen LogP contribution in [0.2, 0.25) is 0 Å². The Balaban J connectivity index is 2.00. The smallest absolute Gasteiger partial charge is 0.259 e. The number of amides is 1. The van der Waals surface area contributed by atoms with E-state index in [1.807, 2.05) is 36.4 Å². The monoisotopic (exact) mass is 334 g/mol. The van der Waals surface area contributed by atoms with Gasteiger partial charge >= 0.3 is 0 Å². The molecule has 1 amide bonds. The zero-order chi connectivity index (χ0) is 18.0. The summed E-state index contributed by atoms with van der Waals surface area (Å²) >= 11 is 0. The van der Waals surface area contributed by atoms with Gasteiger partial charge in [-0.25, -0.2) is 0 Å². The molecular formula is C19H18N4O2. The van der Waals surface area contributed by atoms with Crippen molar-refractivity contribution in [3.8, 4) is 17.2 Å². The van der Waals surface area contributed by atoms with Crippen molar-refractivity contribution in [2.24, 2.45) is 0 Å². The van der Waals surface area contributed by atoms with Crippen LogP contribution in [-0.2, 0) is 10.3 Å². The van der Waals surface area contributed by atoms with Gasteiger partial charge < -0.3 is 10.4 Å². The number of carbonyl (C=O) groups is 1. The fourth-order valence-corrected chi connectivity index (χ4v) is 3.02. The van der Waals surface area contributed by atoms with Crippen molar-refractivity contribution in [1.29, 1.82) is 10.7 Å². The van der Waals surface area contributed by atoms with Crippen LogP contribution in [-0.4, -0.2) is 35.0 Å². The molecule has 1 saturated heterocycles. The number of nitrogens with zero attached hydrogens (tertiary/aromatic N) is 2. The van der Waals surface area contributed by atoms with Gasteiger partial charge in [-0.3, -0.25) is 15.1 Å². The van der Waals surface area contributed by atoms with Crippen LogP contribution in [0.3, 0.4) is 0 Å². The van der Waals surface area contributed by atoms with E-state index in [4.69, 9.17) is 15.8 Å². The number of nitriles is 1. The number of guanidine groups is 1. The minimum Gasteiger partial charge on any atom is -0.395 e. The lowest BCUT2D eigenvalue weighted by Gasteiger charge is -2.23. The number of rotatable bonds is 4. The number of benzene rings is 2. The van der Waals surface area contributed by atoms with E-state index >= 15 is 0 Å². The maximum atomic E-state index is 12.7. The van der Waals surface area contributed by atoms with E-state index in [-0.39, 0.29) is 25.0 Å². The summed E-state index contributed by atoms with van der Waals surface area (Å²) in [4.78, 5) is 14.0. The highest BCUT2D eigenvalue weighted by atomic mass is 16.3. The van der Waals surface area contributed by atoms with Gasteiger partial charge in [-0.15, -0.1) is 0 Å². The summed E-state index contributed by atoms with van der Waals surface area (Å²) in [6, 6.07) is 16.9. The second kappa shape index (κ2) is 6.38. The number of hydrogen-bond acceptors (Lipinski definition) is 4. The number of nitrogens with one attached hydrogen (secondary N) is 2. The van der Waals surface area contributed by atoms with Crippen molar-refractivity contribution in [2.75, 3.05) is 13.2 Å². The van der Waals surface area contributed by atoms with E-state index < -0.39 is 5.54 Å². The van der Waals surface area contributed by atoms with E-state index in [1.54, 1.807) is 19.1 Å². The molecule has 25 heavy (non-hydrogen) atoms. The number of aliphatic hydroxyl groups is 1. The quantitative estimate of drug-likeness (QED) is 0.793. The Kier molecular flexibility index (Phi) is 4.26. The van der Waals surface area contributed by atoms with Crippen LogP contribution in [0.15, 0.2) is 48.5 Å². The predicted octanol–water partition coefficient (Wildman–Crippen LogP) is 1.80. The van der Waals surface area contributed by atoms with Crippen LogP contribution in [0.1, 0.15) is 18.1 Å². The first-order valence-corrected chi connectivity index (χ1v) is 7.90. The lowest BCUT2D eigenvalue weighted by molar-refractivity contribution is -0.131. The third-order valence-electron chi connectivity index (χ3n) is 4.40. The first kappa shape index (κ1) is 16.7. The lowest BCUT2D eigenvalue weighted by Crippen LogP contribution is -2.41. The summed E-state index contributed by atoms with van der Waals surface area (Å²) in [7, 11) is 0. The Morgan fingerprint density at radius 3 is 2.60 bits per heavy atom. The van der Waals surface area contributed by atoms with Crippen molar-refractivity contribution in [2.45, 2.75) is 12.5 Å². The van der Waals surface area contributed by atoms with E-state index in [1.165, 1.54) is 4.90 Å². The molecule has 2 aromatic carbocycles. The SMILES string of the molecule is CC1(c2cccc(-c3cccc(C#N)c3)c2)NC(=N)N(CCO)C1=O. The highest BCUT2D eigenvalue weighted by molar-refractivity contribution is 6.08. The zero-order valence-corrected chi connectivity index (χ0v) is 13.8. The first-order valence-electron chi connectivity index (χ1n) is 7.90. The van der Waals surface area contributed by atoms with Crippen LogP contribution >= 0.6 is 0 Å². The topological polar surface area (TPSA) is 100 Å². The van der Waals surface area contributed by atoms with Gasteiger partial charge in [-0.2, -0.15) is 5.26 Å². The third kappa shape index (κ3) is 2.86. The Morgan fingerprint density at radius 2 is 1.92 bits per heavy atom. The fraction of sp³-hybridized carbons (Fsp3) is 0.211. The van der Waals surface area contributed by atoms with E-state index in [0.717, 1.165) is 16.7 Å². The highest BCUT2D eigenvalue weighted by Crippen LogP contribution is 2.31. The Morgan fingerprint density at radius 1 is 1.24 bits per heavy atom. The number of hydrogen-bond donors (Lipinski definition) is 3. The van der Waals surface area contributed by atoms with Crippen molar-refractivity contribution in [1.82, 2.24) is 10.2 Å². The van der Waals surface area contributed by atoms with Gasteiger partial charge in [0.2, 0.25) is 0 Å². The van der Waals surface area contributed by atoms with E-state index in [9.17, 15) is 4.79 Å². The molecule has 0 bridgehead atoms. The number of β-amino-alcohol motifs (C(OH)–C–C–N with tert-alkyl or cyclic N) is 1. The van der Waals surface area contributed by atoms with Crippen molar-refractivity contribution in [3.05, 3.63) is 59.7 Å². The molecular weight excluding hydrogens is 316 g/mol. The van der Waals surface area contributed by atoms with Crippen molar-refractivity contribution in [3.63, 3.8) is 0 Å². The molecule has 0 radical (unpaired) electrons. The first-order chi connectivity index (χ1) is 12.0. The highest BCUT2D eigenvalue weighted by Gasteiger charge is 2.46. The summed E-state index contributed by atoms with van der Waals surface area (Å²) < 4.78 is 0. The molecule has 1 atom stereocenters. The van der Waals surface area contributed by atoms with Crippen LogP contribution in [0.5, 0.6) is 0 Å². The minimum absolute atomic E-state index is 0.0153. The summed E-state index contributed by atoms with van der Waals surface area (Å²) in [6.45, 7) is 1.61. The molecule has 0 aromatic heterocycles. The molecule has 1 heterocycles. The summed E-state index contributed by atoms with van der Waals surface area (Å²) in [6.07, 6.45) is 0. The normalized spacial score (nSPS) is 19.6. The van der Waals surface area contributed by atoms with Gasteiger partial charge in [0.1, 0.15) is 5.54 Å².